The maximum absolute atomic E-state index is 9.22. The fourth-order valence-corrected chi connectivity index (χ4v) is 1.59. The Morgan fingerprint density at radius 1 is 1.60 bits per heavy atom. The van der Waals surface area contributed by atoms with Crippen LogP contribution in [0.4, 0.5) is 0 Å². The molecule has 1 fully saturated rings. The highest BCUT2D eigenvalue weighted by molar-refractivity contribution is 5.78. The summed E-state index contributed by atoms with van der Waals surface area (Å²) in [5.74, 6) is 0.442. The number of rotatable bonds is 5. The summed E-state index contributed by atoms with van der Waals surface area (Å²) in [5.41, 5.74) is 6.71. The fraction of sp³-hybridized carbons (Fsp3) is 0.727. The van der Waals surface area contributed by atoms with Gasteiger partial charge in [-0.2, -0.15) is 0 Å². The molecule has 0 atom stereocenters. The van der Waals surface area contributed by atoms with E-state index in [1.807, 2.05) is 6.92 Å². The topological polar surface area (TPSA) is 70.6 Å². The lowest BCUT2D eigenvalue weighted by Crippen LogP contribution is -2.39. The van der Waals surface area contributed by atoms with Gasteiger partial charge in [-0.25, -0.2) is 0 Å². The van der Waals surface area contributed by atoms with E-state index in [0.29, 0.717) is 19.0 Å². The third kappa shape index (κ3) is 3.55. The molecule has 0 unspecified atom stereocenters. The Morgan fingerprint density at radius 2 is 2.27 bits per heavy atom. The van der Waals surface area contributed by atoms with E-state index in [2.05, 4.69) is 16.9 Å². The highest BCUT2D eigenvalue weighted by Crippen LogP contribution is 2.40. The van der Waals surface area contributed by atoms with Crippen LogP contribution in [0.1, 0.15) is 26.2 Å². The Morgan fingerprint density at radius 3 is 2.67 bits per heavy atom. The molecular formula is C11H21N3O. The minimum absolute atomic E-state index is 0.00945. The Hall–Kier alpha value is -1.03. The number of aliphatic hydroxyl groups excluding tert-OH is 1. The second kappa shape index (κ2) is 5.16. The van der Waals surface area contributed by atoms with Gasteiger partial charge in [-0.05, 0) is 19.8 Å². The van der Waals surface area contributed by atoms with Crippen molar-refractivity contribution < 1.29 is 5.11 Å². The monoisotopic (exact) mass is 211 g/mol. The molecule has 4 nitrogen and oxygen atoms in total. The maximum atomic E-state index is 9.22. The molecule has 0 aromatic rings. The average Bonchev–Trinajstić information content (AvgIpc) is 2.14. The smallest absolute Gasteiger partial charge is 0.188 e. The number of nitrogens with zero attached hydrogens (tertiary/aromatic N) is 1. The molecule has 4 heteroatoms. The van der Waals surface area contributed by atoms with Crippen LogP contribution in [0.2, 0.25) is 0 Å². The van der Waals surface area contributed by atoms with Crippen molar-refractivity contribution in [2.75, 3.05) is 19.7 Å². The van der Waals surface area contributed by atoms with Crippen LogP contribution in [0.5, 0.6) is 0 Å². The van der Waals surface area contributed by atoms with E-state index < -0.39 is 0 Å². The van der Waals surface area contributed by atoms with Crippen LogP contribution in [0.25, 0.3) is 0 Å². The summed E-state index contributed by atoms with van der Waals surface area (Å²) in [7, 11) is 0. The first-order chi connectivity index (χ1) is 7.08. The molecule has 86 valence electrons. The van der Waals surface area contributed by atoms with E-state index >= 15 is 0 Å². The van der Waals surface area contributed by atoms with Gasteiger partial charge in [-0.15, -0.1) is 0 Å². The zero-order valence-electron chi connectivity index (χ0n) is 9.42. The van der Waals surface area contributed by atoms with E-state index in [9.17, 15) is 5.11 Å². The summed E-state index contributed by atoms with van der Waals surface area (Å²) < 4.78 is 0. The molecule has 1 aliphatic carbocycles. The zero-order valence-corrected chi connectivity index (χ0v) is 9.42. The second-order valence-electron chi connectivity index (χ2n) is 4.52. The summed E-state index contributed by atoms with van der Waals surface area (Å²) in [6.07, 6.45) is 3.30. The van der Waals surface area contributed by atoms with Gasteiger partial charge in [0.2, 0.25) is 0 Å². The van der Waals surface area contributed by atoms with Crippen molar-refractivity contribution in [3.8, 4) is 0 Å². The highest BCUT2D eigenvalue weighted by Gasteiger charge is 2.35. The van der Waals surface area contributed by atoms with Gasteiger partial charge in [-0.3, -0.25) is 4.99 Å². The molecule has 1 rings (SSSR count). The van der Waals surface area contributed by atoms with E-state index in [4.69, 9.17) is 5.73 Å². The van der Waals surface area contributed by atoms with Gasteiger partial charge in [0.15, 0.2) is 5.96 Å². The molecule has 4 N–H and O–H groups in total. The van der Waals surface area contributed by atoms with Crippen molar-refractivity contribution in [1.29, 1.82) is 0 Å². The van der Waals surface area contributed by atoms with Gasteiger partial charge in [0, 0.05) is 12.0 Å². The summed E-state index contributed by atoms with van der Waals surface area (Å²) in [6, 6.07) is 0. The van der Waals surface area contributed by atoms with Crippen LogP contribution in [0.15, 0.2) is 17.1 Å². The second-order valence-corrected chi connectivity index (χ2v) is 4.52. The number of aliphatic hydroxyl groups is 1. The normalized spacial score (nSPS) is 19.5. The predicted octanol–water partition coefficient (Wildman–Crippen LogP) is 0.629. The third-order valence-corrected chi connectivity index (χ3v) is 2.91. The highest BCUT2D eigenvalue weighted by atomic mass is 16.3. The van der Waals surface area contributed by atoms with E-state index in [0.717, 1.165) is 18.4 Å². The van der Waals surface area contributed by atoms with Crippen molar-refractivity contribution in [2.24, 2.45) is 16.1 Å². The van der Waals surface area contributed by atoms with E-state index in [1.54, 1.807) is 0 Å². The van der Waals surface area contributed by atoms with Crippen LogP contribution in [0.3, 0.4) is 0 Å². The molecule has 0 aliphatic heterocycles. The van der Waals surface area contributed by atoms with Gasteiger partial charge in [0.25, 0.3) is 0 Å². The molecule has 0 aromatic heterocycles. The Labute approximate surface area is 91.3 Å². The van der Waals surface area contributed by atoms with Crippen molar-refractivity contribution >= 4 is 5.96 Å². The first-order valence-corrected chi connectivity index (χ1v) is 5.37. The lowest BCUT2D eigenvalue weighted by atomic mass is 9.69. The van der Waals surface area contributed by atoms with Crippen molar-refractivity contribution in [3.05, 3.63) is 12.2 Å². The quantitative estimate of drug-likeness (QED) is 0.355. The lowest BCUT2D eigenvalue weighted by molar-refractivity contribution is 0.0539. The van der Waals surface area contributed by atoms with Gasteiger partial charge in [0.1, 0.15) is 0 Å². The Kier molecular flexibility index (Phi) is 4.15. The maximum Gasteiger partial charge on any atom is 0.188 e. The van der Waals surface area contributed by atoms with Gasteiger partial charge in [0.05, 0.1) is 13.2 Å². The Balaban J connectivity index is 2.32. The van der Waals surface area contributed by atoms with E-state index in [-0.39, 0.29) is 12.0 Å². The molecule has 0 saturated heterocycles. The van der Waals surface area contributed by atoms with Gasteiger partial charge in [-0.1, -0.05) is 18.6 Å². The van der Waals surface area contributed by atoms with Gasteiger partial charge < -0.3 is 16.2 Å². The zero-order chi connectivity index (χ0) is 11.3. The SMILES string of the molecule is C=C(C)CNC(N)=NCC1(CO)CCC1. The molecular weight excluding hydrogens is 190 g/mol. The standard InChI is InChI=1S/C11H21N3O/c1-9(2)6-13-10(12)14-7-11(8-15)4-3-5-11/h15H,1,3-8H2,2H3,(H3,12,13,14). The first kappa shape index (κ1) is 12.0. The average molecular weight is 211 g/mol. The molecule has 0 aromatic carbocycles. The molecule has 0 radical (unpaired) electrons. The predicted molar refractivity (Wildman–Crippen MR) is 62.7 cm³/mol. The summed E-state index contributed by atoms with van der Waals surface area (Å²) in [6.45, 7) is 7.19. The number of aliphatic imine (C=N–C) groups is 1. The molecule has 15 heavy (non-hydrogen) atoms. The number of hydrogen-bond acceptors (Lipinski definition) is 2. The van der Waals surface area contributed by atoms with E-state index in [1.165, 1.54) is 6.42 Å². The largest absolute Gasteiger partial charge is 0.396 e. The summed E-state index contributed by atoms with van der Waals surface area (Å²) in [4.78, 5) is 4.24. The third-order valence-electron chi connectivity index (χ3n) is 2.91. The molecule has 0 amide bonds. The van der Waals surface area contributed by atoms with Crippen LogP contribution in [-0.4, -0.2) is 30.8 Å². The lowest BCUT2D eigenvalue weighted by Gasteiger charge is -2.38. The van der Waals surface area contributed by atoms with Crippen LogP contribution >= 0.6 is 0 Å². The van der Waals surface area contributed by atoms with Crippen LogP contribution in [-0.2, 0) is 0 Å². The van der Waals surface area contributed by atoms with Crippen molar-refractivity contribution in [1.82, 2.24) is 5.32 Å². The molecule has 1 saturated carbocycles. The molecule has 0 heterocycles. The first-order valence-electron chi connectivity index (χ1n) is 5.37. The minimum atomic E-state index is 0.00945. The molecule has 0 spiro atoms. The number of nitrogens with two attached hydrogens (primary N) is 1. The fourth-order valence-electron chi connectivity index (χ4n) is 1.59. The van der Waals surface area contributed by atoms with Crippen LogP contribution in [0, 0.1) is 5.41 Å². The Bertz CT molecular complexity index is 251. The van der Waals surface area contributed by atoms with Gasteiger partial charge >= 0.3 is 0 Å². The summed E-state index contributed by atoms with van der Waals surface area (Å²) in [5, 5.41) is 12.2. The number of guanidine groups is 1. The number of nitrogens with one attached hydrogen (secondary N) is 1. The minimum Gasteiger partial charge on any atom is -0.396 e. The van der Waals surface area contributed by atoms with Crippen LogP contribution < -0.4 is 11.1 Å². The van der Waals surface area contributed by atoms with Crippen molar-refractivity contribution in [2.45, 2.75) is 26.2 Å². The molecule has 1 aliphatic rings. The number of hydrogen-bond donors (Lipinski definition) is 3. The molecule has 0 bridgehead atoms. The van der Waals surface area contributed by atoms with Crippen molar-refractivity contribution in [3.63, 3.8) is 0 Å². The summed E-state index contributed by atoms with van der Waals surface area (Å²) >= 11 is 0.